The molecule has 304 valence electrons. The molecule has 0 aromatic rings. The number of allylic oxidation sites excluding steroid dienone is 3. The van der Waals surface area contributed by atoms with Crippen LogP contribution in [0, 0.1) is 0 Å². The maximum absolute atomic E-state index is 12.7. The Balaban J connectivity index is 3.99. The van der Waals surface area contributed by atoms with Gasteiger partial charge < -0.3 is 15.2 Å². The molecule has 1 unspecified atom stereocenters. The number of carbonyl (C=O) groups excluding carboxylic acids is 2. The average molecular weight is 732 g/mol. The zero-order valence-corrected chi connectivity index (χ0v) is 34.4. The molecule has 0 fully saturated rings. The zero-order valence-electron chi connectivity index (χ0n) is 34.4. The maximum Gasteiger partial charge on any atom is 0.322 e. The molecule has 0 aliphatic heterocycles. The second-order valence-electron chi connectivity index (χ2n) is 15.3. The van der Waals surface area contributed by atoms with Gasteiger partial charge >= 0.3 is 11.9 Å². The number of esters is 1. The van der Waals surface area contributed by atoms with Crippen molar-refractivity contribution < 1.29 is 24.2 Å². The summed E-state index contributed by atoms with van der Waals surface area (Å²) in [4.78, 5) is 34.9. The van der Waals surface area contributed by atoms with Crippen LogP contribution in [0.25, 0.3) is 0 Å². The van der Waals surface area contributed by atoms with Crippen LogP contribution in [-0.2, 0) is 19.1 Å². The van der Waals surface area contributed by atoms with Crippen LogP contribution in [0.4, 0.5) is 0 Å². The summed E-state index contributed by atoms with van der Waals surface area (Å²) in [5.41, 5.74) is 0. The first-order chi connectivity index (χ1) is 25.5. The molecule has 0 aromatic carbocycles. The molecule has 1 atom stereocenters. The highest BCUT2D eigenvalue weighted by molar-refractivity contribution is 5.80. The monoisotopic (exact) mass is 732 g/mol. The van der Waals surface area contributed by atoms with Gasteiger partial charge in [0, 0.05) is 12.8 Å². The van der Waals surface area contributed by atoms with E-state index in [0.29, 0.717) is 12.8 Å². The van der Waals surface area contributed by atoms with E-state index in [2.05, 4.69) is 43.5 Å². The SMILES string of the molecule is CCCCCCCC/C=C\C(CCCCCCCCC(=O)NCC(=O)O)OC(=O)CCCCCCCCCCC/C=C\CCCCCCCCCC. The predicted octanol–water partition coefficient (Wildman–Crippen LogP) is 13.9. The van der Waals surface area contributed by atoms with E-state index >= 15 is 0 Å². The molecule has 0 heterocycles. The summed E-state index contributed by atoms with van der Waals surface area (Å²) in [6.07, 6.45) is 50.5. The standard InChI is InChI=1S/C46H85NO5/c1-3-5-7-9-11-13-14-15-16-17-18-19-20-21-22-23-24-25-27-33-37-41-46(51)52-43(38-34-30-26-12-10-8-6-4-2)39-35-31-28-29-32-36-40-44(48)47-42-45(49)50/h17-18,34,38,43H,3-16,19-33,35-37,39-42H2,1-2H3,(H,47,48)(H,49,50)/b18-17-,38-34-. The summed E-state index contributed by atoms with van der Waals surface area (Å²) >= 11 is 0. The quantitative estimate of drug-likeness (QED) is 0.0371. The first-order valence-corrected chi connectivity index (χ1v) is 22.5. The number of rotatable bonds is 41. The number of nitrogens with one attached hydrogen (secondary N) is 1. The van der Waals surface area contributed by atoms with E-state index in [0.717, 1.165) is 64.2 Å². The van der Waals surface area contributed by atoms with Gasteiger partial charge in [0.25, 0.3) is 0 Å². The maximum atomic E-state index is 12.7. The lowest BCUT2D eigenvalue weighted by molar-refractivity contribution is -0.147. The Morgan fingerprint density at radius 2 is 0.885 bits per heavy atom. The number of carbonyl (C=O) groups is 3. The minimum atomic E-state index is -1.01. The van der Waals surface area contributed by atoms with Gasteiger partial charge in [0.2, 0.25) is 5.91 Å². The third-order valence-electron chi connectivity index (χ3n) is 10.1. The van der Waals surface area contributed by atoms with E-state index in [1.807, 2.05) is 0 Å². The summed E-state index contributed by atoms with van der Waals surface area (Å²) in [6, 6.07) is 0. The van der Waals surface area contributed by atoms with Crippen LogP contribution in [0.5, 0.6) is 0 Å². The van der Waals surface area contributed by atoms with Crippen LogP contribution in [0.15, 0.2) is 24.3 Å². The van der Waals surface area contributed by atoms with Crippen molar-refractivity contribution in [2.24, 2.45) is 0 Å². The Labute approximate surface area is 322 Å². The molecule has 0 aromatic heterocycles. The minimum absolute atomic E-state index is 0.0535. The first kappa shape index (κ1) is 49.9. The highest BCUT2D eigenvalue weighted by Gasteiger charge is 2.12. The molecular weight excluding hydrogens is 647 g/mol. The molecular formula is C46H85NO5. The van der Waals surface area contributed by atoms with E-state index in [4.69, 9.17) is 9.84 Å². The van der Waals surface area contributed by atoms with Crippen molar-refractivity contribution in [3.63, 3.8) is 0 Å². The lowest BCUT2D eigenvalue weighted by Gasteiger charge is -2.15. The topological polar surface area (TPSA) is 92.7 Å². The molecule has 6 heteroatoms. The Hall–Kier alpha value is -2.11. The number of hydrogen-bond donors (Lipinski definition) is 2. The van der Waals surface area contributed by atoms with Crippen molar-refractivity contribution in [1.82, 2.24) is 5.32 Å². The lowest BCUT2D eigenvalue weighted by atomic mass is 10.0. The van der Waals surface area contributed by atoms with Crippen molar-refractivity contribution in [2.75, 3.05) is 6.54 Å². The van der Waals surface area contributed by atoms with Gasteiger partial charge in [-0.3, -0.25) is 14.4 Å². The van der Waals surface area contributed by atoms with Crippen molar-refractivity contribution in [2.45, 2.75) is 245 Å². The second kappa shape index (κ2) is 41.6. The molecule has 1 amide bonds. The van der Waals surface area contributed by atoms with E-state index in [9.17, 15) is 14.4 Å². The van der Waals surface area contributed by atoms with Gasteiger partial charge in [0.05, 0.1) is 0 Å². The molecule has 0 aliphatic carbocycles. The second-order valence-corrected chi connectivity index (χ2v) is 15.3. The van der Waals surface area contributed by atoms with Gasteiger partial charge in [-0.25, -0.2) is 0 Å². The fourth-order valence-corrected chi connectivity index (χ4v) is 6.71. The number of carboxylic acids is 1. The van der Waals surface area contributed by atoms with E-state index in [1.165, 1.54) is 148 Å². The number of unbranched alkanes of at least 4 members (excludes halogenated alkanes) is 28. The fraction of sp³-hybridized carbons (Fsp3) is 0.848. The van der Waals surface area contributed by atoms with Crippen molar-refractivity contribution in [1.29, 1.82) is 0 Å². The molecule has 6 nitrogen and oxygen atoms in total. The van der Waals surface area contributed by atoms with Crippen LogP contribution in [0.2, 0.25) is 0 Å². The van der Waals surface area contributed by atoms with Crippen molar-refractivity contribution in [3.05, 3.63) is 24.3 Å². The molecule has 2 N–H and O–H groups in total. The fourth-order valence-electron chi connectivity index (χ4n) is 6.71. The molecule has 0 aliphatic rings. The van der Waals surface area contributed by atoms with Crippen molar-refractivity contribution in [3.8, 4) is 0 Å². The summed E-state index contributed by atoms with van der Waals surface area (Å²) in [6.45, 7) is 4.22. The molecule has 0 spiro atoms. The molecule has 0 radical (unpaired) electrons. The van der Waals surface area contributed by atoms with Gasteiger partial charge in [0.1, 0.15) is 12.6 Å². The number of carboxylic acid groups (broad SMARTS) is 1. The minimum Gasteiger partial charge on any atom is -0.480 e. The smallest absolute Gasteiger partial charge is 0.322 e. The number of ether oxygens (including phenoxy) is 1. The first-order valence-electron chi connectivity index (χ1n) is 22.5. The largest absolute Gasteiger partial charge is 0.480 e. The van der Waals surface area contributed by atoms with E-state index < -0.39 is 5.97 Å². The Morgan fingerprint density at radius 1 is 0.500 bits per heavy atom. The van der Waals surface area contributed by atoms with Crippen LogP contribution in [0.3, 0.4) is 0 Å². The Morgan fingerprint density at radius 3 is 1.35 bits per heavy atom. The summed E-state index contributed by atoms with van der Waals surface area (Å²) in [7, 11) is 0. The van der Waals surface area contributed by atoms with Gasteiger partial charge in [-0.1, -0.05) is 180 Å². The highest BCUT2D eigenvalue weighted by atomic mass is 16.5. The number of amides is 1. The van der Waals surface area contributed by atoms with Crippen LogP contribution >= 0.6 is 0 Å². The molecule has 0 bridgehead atoms. The Kier molecular flexibility index (Phi) is 40.0. The van der Waals surface area contributed by atoms with Crippen LogP contribution in [-0.4, -0.2) is 35.6 Å². The van der Waals surface area contributed by atoms with Crippen molar-refractivity contribution >= 4 is 17.8 Å². The average Bonchev–Trinajstić information content (AvgIpc) is 3.13. The molecule has 0 saturated heterocycles. The zero-order chi connectivity index (χ0) is 38.0. The predicted molar refractivity (Wildman–Crippen MR) is 222 cm³/mol. The van der Waals surface area contributed by atoms with Gasteiger partial charge in [-0.05, 0) is 70.3 Å². The number of aliphatic carboxylic acids is 1. The molecule has 52 heavy (non-hydrogen) atoms. The van der Waals surface area contributed by atoms with Crippen LogP contribution < -0.4 is 5.32 Å². The molecule has 0 saturated carbocycles. The summed E-state index contributed by atoms with van der Waals surface area (Å²) < 4.78 is 5.95. The third kappa shape index (κ3) is 40.7. The summed E-state index contributed by atoms with van der Waals surface area (Å²) in [5.74, 6) is -1.26. The summed E-state index contributed by atoms with van der Waals surface area (Å²) in [5, 5.41) is 11.1. The van der Waals surface area contributed by atoms with Gasteiger partial charge in [0.15, 0.2) is 0 Å². The van der Waals surface area contributed by atoms with E-state index in [1.54, 1.807) is 0 Å². The lowest BCUT2D eigenvalue weighted by Crippen LogP contribution is -2.28. The third-order valence-corrected chi connectivity index (χ3v) is 10.1. The Bertz CT molecular complexity index is 854. The highest BCUT2D eigenvalue weighted by Crippen LogP contribution is 2.17. The van der Waals surface area contributed by atoms with Gasteiger partial charge in [-0.15, -0.1) is 0 Å². The molecule has 0 rings (SSSR count). The normalized spacial score (nSPS) is 12.2. The van der Waals surface area contributed by atoms with Gasteiger partial charge in [-0.2, -0.15) is 0 Å². The van der Waals surface area contributed by atoms with E-state index in [-0.39, 0.29) is 24.5 Å². The van der Waals surface area contributed by atoms with Crippen LogP contribution in [0.1, 0.15) is 239 Å². The number of hydrogen-bond acceptors (Lipinski definition) is 4.